The van der Waals surface area contributed by atoms with E-state index in [2.05, 4.69) is 13.2 Å². The Morgan fingerprint density at radius 2 is 1.82 bits per heavy atom. The summed E-state index contributed by atoms with van der Waals surface area (Å²) in [6.07, 6.45) is 3.41. The van der Waals surface area contributed by atoms with Crippen molar-refractivity contribution in [3.8, 4) is 0 Å². The molecule has 0 aliphatic heterocycles. The molecule has 2 nitrogen and oxygen atoms in total. The smallest absolute Gasteiger partial charge is 0.179 e. The molecule has 0 saturated heterocycles. The van der Waals surface area contributed by atoms with Crippen LogP contribution in [-0.2, 0) is 0 Å². The van der Waals surface area contributed by atoms with E-state index in [1.54, 1.807) is 24.3 Å². The van der Waals surface area contributed by atoms with Crippen LogP contribution in [0.1, 0.15) is 10.4 Å². The highest BCUT2D eigenvalue weighted by molar-refractivity contribution is 5.97. The minimum absolute atomic E-state index is 0.130. The largest absolute Gasteiger partial charge is 0.293 e. The summed E-state index contributed by atoms with van der Waals surface area (Å²) in [5, 5.41) is 0. The van der Waals surface area contributed by atoms with Crippen LogP contribution in [0, 0.1) is 5.82 Å². The van der Waals surface area contributed by atoms with Gasteiger partial charge >= 0.3 is 0 Å². The van der Waals surface area contributed by atoms with E-state index in [1.807, 2.05) is 4.90 Å². The molecule has 0 amide bonds. The van der Waals surface area contributed by atoms with Crippen molar-refractivity contribution in [1.82, 2.24) is 4.90 Å². The molecule has 0 N–H and O–H groups in total. The zero-order valence-corrected chi connectivity index (χ0v) is 9.73. The fraction of sp³-hybridized carbons (Fsp3) is 0.214. The number of ketones is 1. The first kappa shape index (κ1) is 13.3. The van der Waals surface area contributed by atoms with Gasteiger partial charge in [-0.15, -0.1) is 13.2 Å². The maximum atomic E-state index is 13.4. The molecule has 0 spiro atoms. The van der Waals surface area contributed by atoms with Gasteiger partial charge in [-0.2, -0.15) is 0 Å². The lowest BCUT2D eigenvalue weighted by Crippen LogP contribution is -2.30. The highest BCUT2D eigenvalue weighted by Gasteiger charge is 2.13. The molecular formula is C14H16FNO. The van der Waals surface area contributed by atoms with E-state index in [0.717, 1.165) is 0 Å². The number of nitrogens with zero attached hydrogens (tertiary/aromatic N) is 1. The Balaban J connectivity index is 2.73. The normalized spacial score (nSPS) is 10.2. The first-order valence-electron chi connectivity index (χ1n) is 5.41. The molecule has 90 valence electrons. The Morgan fingerprint density at radius 3 is 2.35 bits per heavy atom. The minimum Gasteiger partial charge on any atom is -0.293 e. The molecule has 1 rings (SSSR count). The quantitative estimate of drug-likeness (QED) is 0.533. The van der Waals surface area contributed by atoms with Gasteiger partial charge in [-0.3, -0.25) is 9.69 Å². The molecule has 1 aromatic rings. The van der Waals surface area contributed by atoms with Gasteiger partial charge in [0, 0.05) is 13.1 Å². The van der Waals surface area contributed by atoms with Crippen LogP contribution in [0.3, 0.4) is 0 Å². The lowest BCUT2D eigenvalue weighted by atomic mass is 10.1. The average molecular weight is 233 g/mol. The molecule has 0 saturated carbocycles. The van der Waals surface area contributed by atoms with E-state index in [1.165, 1.54) is 12.1 Å². The predicted molar refractivity (Wildman–Crippen MR) is 67.6 cm³/mol. The lowest BCUT2D eigenvalue weighted by Gasteiger charge is -2.17. The second-order valence-electron chi connectivity index (χ2n) is 3.67. The summed E-state index contributed by atoms with van der Waals surface area (Å²) in [5.41, 5.74) is 0.130. The summed E-state index contributed by atoms with van der Waals surface area (Å²) in [5.74, 6) is -0.707. The van der Waals surface area contributed by atoms with Crippen molar-refractivity contribution in [1.29, 1.82) is 0 Å². The van der Waals surface area contributed by atoms with E-state index in [9.17, 15) is 9.18 Å². The van der Waals surface area contributed by atoms with Crippen molar-refractivity contribution in [3.63, 3.8) is 0 Å². The minimum atomic E-state index is -0.477. The molecule has 0 aliphatic rings. The number of Topliss-reactive ketones (excluding diaryl/α,β-unsaturated/α-hetero) is 1. The lowest BCUT2D eigenvalue weighted by molar-refractivity contribution is 0.0941. The zero-order valence-electron chi connectivity index (χ0n) is 9.73. The molecule has 0 radical (unpaired) electrons. The Hall–Kier alpha value is -1.74. The number of hydrogen-bond donors (Lipinski definition) is 0. The summed E-state index contributed by atoms with van der Waals surface area (Å²) < 4.78 is 13.4. The van der Waals surface area contributed by atoms with E-state index >= 15 is 0 Å². The zero-order chi connectivity index (χ0) is 12.7. The Bertz CT molecular complexity index is 404. The number of benzene rings is 1. The number of halogens is 1. The molecule has 0 heterocycles. The first-order chi connectivity index (χ1) is 8.19. The van der Waals surface area contributed by atoms with Crippen LogP contribution >= 0.6 is 0 Å². The van der Waals surface area contributed by atoms with Crippen molar-refractivity contribution in [2.24, 2.45) is 0 Å². The molecule has 0 aromatic heterocycles. The molecule has 0 unspecified atom stereocenters. The van der Waals surface area contributed by atoms with E-state index in [-0.39, 0.29) is 17.9 Å². The molecule has 1 aromatic carbocycles. The van der Waals surface area contributed by atoms with Crippen molar-refractivity contribution in [2.45, 2.75) is 0 Å². The Kier molecular flexibility index (Phi) is 5.30. The Labute approximate surface area is 101 Å². The number of carbonyl (C=O) groups excluding carboxylic acids is 1. The van der Waals surface area contributed by atoms with Crippen molar-refractivity contribution in [3.05, 3.63) is 61.0 Å². The maximum Gasteiger partial charge on any atom is 0.179 e. The number of rotatable bonds is 7. The third kappa shape index (κ3) is 3.96. The maximum absolute atomic E-state index is 13.4. The summed E-state index contributed by atoms with van der Waals surface area (Å²) in [6, 6.07) is 6.01. The van der Waals surface area contributed by atoms with Gasteiger partial charge < -0.3 is 0 Å². The molecule has 0 aliphatic carbocycles. The summed E-state index contributed by atoms with van der Waals surface area (Å²) in [7, 11) is 0. The molecule has 0 atom stereocenters. The highest BCUT2D eigenvalue weighted by atomic mass is 19.1. The van der Waals surface area contributed by atoms with Crippen molar-refractivity contribution < 1.29 is 9.18 Å². The van der Waals surface area contributed by atoms with E-state index in [4.69, 9.17) is 0 Å². The molecule has 17 heavy (non-hydrogen) atoms. The molecule has 0 bridgehead atoms. The van der Waals surface area contributed by atoms with Gasteiger partial charge in [-0.05, 0) is 12.1 Å². The van der Waals surface area contributed by atoms with Crippen LogP contribution < -0.4 is 0 Å². The third-order valence-electron chi connectivity index (χ3n) is 2.32. The van der Waals surface area contributed by atoms with Gasteiger partial charge in [0.1, 0.15) is 5.82 Å². The monoisotopic (exact) mass is 233 g/mol. The average Bonchev–Trinajstić information content (AvgIpc) is 2.30. The van der Waals surface area contributed by atoms with Crippen LogP contribution in [0.5, 0.6) is 0 Å². The second kappa shape index (κ2) is 6.76. The Morgan fingerprint density at radius 1 is 1.24 bits per heavy atom. The fourth-order valence-corrected chi connectivity index (χ4v) is 1.54. The summed E-state index contributed by atoms with van der Waals surface area (Å²) in [6.45, 7) is 8.55. The fourth-order valence-electron chi connectivity index (χ4n) is 1.54. The summed E-state index contributed by atoms with van der Waals surface area (Å²) in [4.78, 5) is 13.7. The van der Waals surface area contributed by atoms with Crippen LogP contribution in [0.25, 0.3) is 0 Å². The van der Waals surface area contributed by atoms with Gasteiger partial charge in [-0.25, -0.2) is 4.39 Å². The van der Waals surface area contributed by atoms with E-state index in [0.29, 0.717) is 13.1 Å². The molecule has 0 fully saturated rings. The van der Waals surface area contributed by atoms with Crippen LogP contribution in [0.15, 0.2) is 49.6 Å². The van der Waals surface area contributed by atoms with Crippen LogP contribution in [0.2, 0.25) is 0 Å². The van der Waals surface area contributed by atoms with Crippen LogP contribution in [0.4, 0.5) is 4.39 Å². The van der Waals surface area contributed by atoms with E-state index < -0.39 is 5.82 Å². The van der Waals surface area contributed by atoms with Crippen LogP contribution in [-0.4, -0.2) is 30.3 Å². The summed E-state index contributed by atoms with van der Waals surface area (Å²) >= 11 is 0. The van der Waals surface area contributed by atoms with Gasteiger partial charge in [-0.1, -0.05) is 24.3 Å². The van der Waals surface area contributed by atoms with Gasteiger partial charge in [0.15, 0.2) is 5.78 Å². The number of hydrogen-bond acceptors (Lipinski definition) is 2. The third-order valence-corrected chi connectivity index (χ3v) is 2.32. The SMILES string of the molecule is C=CCN(CC=C)CC(=O)c1ccccc1F. The van der Waals surface area contributed by atoms with Gasteiger partial charge in [0.2, 0.25) is 0 Å². The second-order valence-corrected chi connectivity index (χ2v) is 3.67. The van der Waals surface area contributed by atoms with Crippen molar-refractivity contribution in [2.75, 3.05) is 19.6 Å². The topological polar surface area (TPSA) is 20.3 Å². The predicted octanol–water partition coefficient (Wildman–Crippen LogP) is 2.68. The first-order valence-corrected chi connectivity index (χ1v) is 5.41. The molecular weight excluding hydrogens is 217 g/mol. The van der Waals surface area contributed by atoms with Crippen molar-refractivity contribution >= 4 is 5.78 Å². The highest BCUT2D eigenvalue weighted by Crippen LogP contribution is 2.08. The van der Waals surface area contributed by atoms with Gasteiger partial charge in [0.25, 0.3) is 0 Å². The number of carbonyl (C=O) groups is 1. The van der Waals surface area contributed by atoms with Gasteiger partial charge in [0.05, 0.1) is 12.1 Å². The molecule has 3 heteroatoms. The standard InChI is InChI=1S/C14H16FNO/c1-3-9-16(10-4-2)11-14(17)12-7-5-6-8-13(12)15/h3-8H,1-2,9-11H2.